The number of aryl methyl sites for hydroxylation is 2. The summed E-state index contributed by atoms with van der Waals surface area (Å²) in [5, 5.41) is 0.798. The van der Waals surface area contributed by atoms with E-state index in [0.29, 0.717) is 6.61 Å². The summed E-state index contributed by atoms with van der Waals surface area (Å²) in [4.78, 5) is 0. The van der Waals surface area contributed by atoms with Crippen molar-refractivity contribution < 1.29 is 4.74 Å². The van der Waals surface area contributed by atoms with Crippen LogP contribution in [0.2, 0.25) is 5.02 Å². The first kappa shape index (κ1) is 12.8. The van der Waals surface area contributed by atoms with Gasteiger partial charge in [0.2, 0.25) is 0 Å². The molecule has 3 heteroatoms. The first-order chi connectivity index (χ1) is 8.56. The van der Waals surface area contributed by atoms with Crippen LogP contribution in [0.3, 0.4) is 0 Å². The van der Waals surface area contributed by atoms with Gasteiger partial charge in [-0.05, 0) is 54.8 Å². The number of anilines is 1. The van der Waals surface area contributed by atoms with Crippen LogP contribution in [0.4, 0.5) is 5.69 Å². The summed E-state index contributed by atoms with van der Waals surface area (Å²) in [6.07, 6.45) is 0. The molecular weight excluding hydrogens is 246 g/mol. The van der Waals surface area contributed by atoms with Gasteiger partial charge in [-0.2, -0.15) is 0 Å². The Balaban J connectivity index is 2.11. The molecule has 0 bridgehead atoms. The van der Waals surface area contributed by atoms with Crippen molar-refractivity contribution in [1.82, 2.24) is 0 Å². The average Bonchev–Trinajstić information content (AvgIpc) is 2.33. The van der Waals surface area contributed by atoms with E-state index in [1.54, 1.807) is 0 Å². The van der Waals surface area contributed by atoms with Gasteiger partial charge in [0.25, 0.3) is 0 Å². The van der Waals surface area contributed by atoms with E-state index >= 15 is 0 Å². The van der Waals surface area contributed by atoms with Gasteiger partial charge in [-0.1, -0.05) is 23.7 Å². The van der Waals surface area contributed by atoms with Crippen LogP contribution in [-0.2, 0) is 6.61 Å². The Morgan fingerprint density at radius 2 is 1.78 bits per heavy atom. The molecule has 2 N–H and O–H groups in total. The van der Waals surface area contributed by atoms with E-state index in [1.165, 1.54) is 0 Å². The van der Waals surface area contributed by atoms with Crippen LogP contribution < -0.4 is 10.5 Å². The zero-order chi connectivity index (χ0) is 13.1. The lowest BCUT2D eigenvalue weighted by atomic mass is 10.1. The topological polar surface area (TPSA) is 35.2 Å². The third-order valence-corrected chi connectivity index (χ3v) is 3.36. The number of halogens is 1. The number of rotatable bonds is 3. The molecule has 0 aliphatic rings. The maximum atomic E-state index is 6.12. The van der Waals surface area contributed by atoms with Crippen LogP contribution >= 0.6 is 11.6 Å². The van der Waals surface area contributed by atoms with E-state index in [1.807, 2.05) is 50.2 Å². The highest BCUT2D eigenvalue weighted by Crippen LogP contribution is 2.26. The fourth-order valence-electron chi connectivity index (χ4n) is 1.84. The minimum Gasteiger partial charge on any atom is -0.489 e. The second kappa shape index (κ2) is 5.32. The molecule has 0 aromatic heterocycles. The van der Waals surface area contributed by atoms with Crippen molar-refractivity contribution in [3.05, 3.63) is 58.1 Å². The van der Waals surface area contributed by atoms with Gasteiger partial charge in [-0.15, -0.1) is 0 Å². The van der Waals surface area contributed by atoms with Crippen molar-refractivity contribution in [1.29, 1.82) is 0 Å². The quantitative estimate of drug-likeness (QED) is 0.844. The van der Waals surface area contributed by atoms with E-state index in [2.05, 4.69) is 0 Å². The van der Waals surface area contributed by atoms with Gasteiger partial charge in [-0.25, -0.2) is 0 Å². The van der Waals surface area contributed by atoms with Crippen LogP contribution in [-0.4, -0.2) is 0 Å². The highest BCUT2D eigenvalue weighted by atomic mass is 35.5. The van der Waals surface area contributed by atoms with Gasteiger partial charge in [0.1, 0.15) is 12.4 Å². The minimum atomic E-state index is 0.506. The summed E-state index contributed by atoms with van der Waals surface area (Å²) in [5.41, 5.74) is 9.58. The molecule has 0 amide bonds. The van der Waals surface area contributed by atoms with Gasteiger partial charge in [0.15, 0.2) is 0 Å². The molecule has 94 valence electrons. The minimum absolute atomic E-state index is 0.506. The van der Waals surface area contributed by atoms with E-state index in [-0.39, 0.29) is 0 Å². The molecule has 0 fully saturated rings. The summed E-state index contributed by atoms with van der Waals surface area (Å²) in [5.74, 6) is 0.830. The number of hydrogen-bond acceptors (Lipinski definition) is 2. The number of ether oxygens (including phenoxy) is 1. The van der Waals surface area contributed by atoms with Gasteiger partial charge in [0, 0.05) is 10.7 Å². The highest BCUT2D eigenvalue weighted by Gasteiger charge is 2.04. The van der Waals surface area contributed by atoms with Crippen LogP contribution in [0.1, 0.15) is 16.7 Å². The molecule has 0 atom stereocenters. The predicted molar refractivity (Wildman–Crippen MR) is 76.1 cm³/mol. The SMILES string of the molecule is Cc1cc(OCc2cccc(N)c2)cc(C)c1Cl. The van der Waals surface area contributed by atoms with E-state index in [9.17, 15) is 0 Å². The molecular formula is C15H16ClNO. The molecule has 0 aliphatic carbocycles. The largest absolute Gasteiger partial charge is 0.489 e. The molecule has 0 spiro atoms. The Hall–Kier alpha value is -1.67. The first-order valence-corrected chi connectivity index (χ1v) is 6.18. The van der Waals surface area contributed by atoms with Crippen LogP contribution in [0.5, 0.6) is 5.75 Å². The number of benzene rings is 2. The fraction of sp³-hybridized carbons (Fsp3) is 0.200. The maximum Gasteiger partial charge on any atom is 0.120 e. The summed E-state index contributed by atoms with van der Waals surface area (Å²) < 4.78 is 5.75. The molecule has 0 saturated carbocycles. The van der Waals surface area contributed by atoms with Crippen molar-refractivity contribution in [2.24, 2.45) is 0 Å². The van der Waals surface area contributed by atoms with E-state index in [0.717, 1.165) is 33.1 Å². The Labute approximate surface area is 112 Å². The van der Waals surface area contributed by atoms with Crippen LogP contribution in [0.25, 0.3) is 0 Å². The summed E-state index contributed by atoms with van der Waals surface area (Å²) in [6, 6.07) is 11.6. The normalized spacial score (nSPS) is 10.4. The van der Waals surface area contributed by atoms with Gasteiger partial charge < -0.3 is 10.5 Å². The van der Waals surface area contributed by atoms with Crippen molar-refractivity contribution in [2.45, 2.75) is 20.5 Å². The molecule has 0 radical (unpaired) electrons. The maximum absolute atomic E-state index is 6.12. The Kier molecular flexibility index (Phi) is 3.78. The Morgan fingerprint density at radius 3 is 2.39 bits per heavy atom. The van der Waals surface area contributed by atoms with Gasteiger partial charge in [-0.3, -0.25) is 0 Å². The van der Waals surface area contributed by atoms with Crippen molar-refractivity contribution in [3.8, 4) is 5.75 Å². The third kappa shape index (κ3) is 2.96. The van der Waals surface area contributed by atoms with E-state index in [4.69, 9.17) is 22.1 Å². The second-order valence-electron chi connectivity index (χ2n) is 4.40. The lowest BCUT2D eigenvalue weighted by Gasteiger charge is -2.10. The smallest absolute Gasteiger partial charge is 0.120 e. The molecule has 0 heterocycles. The molecule has 0 saturated heterocycles. The Morgan fingerprint density at radius 1 is 1.11 bits per heavy atom. The number of hydrogen-bond donors (Lipinski definition) is 1. The summed E-state index contributed by atoms with van der Waals surface area (Å²) in [6.45, 7) is 4.46. The molecule has 0 aliphatic heterocycles. The Bertz CT molecular complexity index is 543. The molecule has 2 aromatic rings. The zero-order valence-corrected chi connectivity index (χ0v) is 11.3. The van der Waals surface area contributed by atoms with Crippen LogP contribution in [0, 0.1) is 13.8 Å². The van der Waals surface area contributed by atoms with Crippen LogP contribution in [0.15, 0.2) is 36.4 Å². The third-order valence-electron chi connectivity index (χ3n) is 2.77. The molecule has 2 nitrogen and oxygen atoms in total. The fourth-order valence-corrected chi connectivity index (χ4v) is 1.95. The number of nitrogens with two attached hydrogens (primary N) is 1. The first-order valence-electron chi connectivity index (χ1n) is 5.80. The highest BCUT2D eigenvalue weighted by molar-refractivity contribution is 6.32. The molecule has 2 rings (SSSR count). The zero-order valence-electron chi connectivity index (χ0n) is 10.5. The van der Waals surface area contributed by atoms with Gasteiger partial charge >= 0.3 is 0 Å². The van der Waals surface area contributed by atoms with Crippen molar-refractivity contribution in [3.63, 3.8) is 0 Å². The molecule has 18 heavy (non-hydrogen) atoms. The van der Waals surface area contributed by atoms with E-state index < -0.39 is 0 Å². The van der Waals surface area contributed by atoms with Crippen molar-refractivity contribution >= 4 is 17.3 Å². The summed E-state index contributed by atoms with van der Waals surface area (Å²) in [7, 11) is 0. The summed E-state index contributed by atoms with van der Waals surface area (Å²) >= 11 is 6.12. The molecule has 0 unspecified atom stereocenters. The standard InChI is InChI=1S/C15H16ClNO/c1-10-6-14(7-11(2)15(10)16)18-9-12-4-3-5-13(17)8-12/h3-8H,9,17H2,1-2H3. The molecule has 2 aromatic carbocycles. The lowest BCUT2D eigenvalue weighted by Crippen LogP contribution is -1.97. The average molecular weight is 262 g/mol. The monoisotopic (exact) mass is 261 g/mol. The second-order valence-corrected chi connectivity index (χ2v) is 4.78. The predicted octanol–water partition coefficient (Wildman–Crippen LogP) is 4.12. The number of nitrogen functional groups attached to an aromatic ring is 1. The van der Waals surface area contributed by atoms with Crippen molar-refractivity contribution in [2.75, 3.05) is 5.73 Å². The van der Waals surface area contributed by atoms with Gasteiger partial charge in [0.05, 0.1) is 0 Å². The lowest BCUT2D eigenvalue weighted by molar-refractivity contribution is 0.306.